The number of hydrogen-bond donors (Lipinski definition) is 0. The Bertz CT molecular complexity index is 708. The van der Waals surface area contributed by atoms with E-state index in [-0.39, 0.29) is 0 Å². The van der Waals surface area contributed by atoms with Gasteiger partial charge in [0, 0.05) is 38.9 Å². The van der Waals surface area contributed by atoms with Crippen LogP contribution in [0.1, 0.15) is 29.5 Å². The Morgan fingerprint density at radius 3 is 2.60 bits per heavy atom. The summed E-state index contributed by atoms with van der Waals surface area (Å²) in [6.45, 7) is 5.44. The number of methoxy groups -OCH3 is 1. The highest BCUT2D eigenvalue weighted by atomic mass is 16.5. The number of pyridine rings is 1. The van der Waals surface area contributed by atoms with Gasteiger partial charge < -0.3 is 9.64 Å². The minimum atomic E-state index is 0.976. The Kier molecular flexibility index (Phi) is 4.88. The van der Waals surface area contributed by atoms with Crippen LogP contribution in [0.2, 0.25) is 0 Å². The molecular formula is C21H27N3O. The number of nitrogens with zero attached hydrogens (tertiary/aromatic N) is 3. The fourth-order valence-corrected chi connectivity index (χ4v) is 4.04. The molecule has 2 aromatic rings. The summed E-state index contributed by atoms with van der Waals surface area (Å²) in [4.78, 5) is 9.62. The van der Waals surface area contributed by atoms with Crippen molar-refractivity contribution in [1.29, 1.82) is 0 Å². The van der Waals surface area contributed by atoms with Crippen LogP contribution in [0, 0.1) is 0 Å². The predicted octanol–water partition coefficient (Wildman–Crippen LogP) is 3.29. The molecule has 0 aliphatic carbocycles. The van der Waals surface area contributed by atoms with Gasteiger partial charge in [-0.25, -0.2) is 4.98 Å². The summed E-state index contributed by atoms with van der Waals surface area (Å²) in [5.41, 5.74) is 4.13. The van der Waals surface area contributed by atoms with Crippen LogP contribution in [0.25, 0.3) is 0 Å². The molecule has 2 aliphatic heterocycles. The molecule has 1 fully saturated rings. The van der Waals surface area contributed by atoms with Crippen LogP contribution in [0.5, 0.6) is 5.75 Å². The second kappa shape index (κ2) is 7.44. The minimum Gasteiger partial charge on any atom is -0.496 e. The number of aromatic nitrogens is 1. The standard InChI is InChI=1S/C21H27N3O/c1-25-20-6-4-5-18-9-13-23(14-10-19(18)20)16-17-7-8-21(22-15-17)24-11-2-3-12-24/h4-8,15H,2-3,9-14,16H2,1H3. The van der Waals surface area contributed by atoms with Crippen LogP contribution in [0.3, 0.4) is 0 Å². The van der Waals surface area contributed by atoms with Gasteiger partial charge in [0.1, 0.15) is 11.6 Å². The normalized spacial score (nSPS) is 18.0. The molecule has 4 nitrogen and oxygen atoms in total. The van der Waals surface area contributed by atoms with E-state index < -0.39 is 0 Å². The van der Waals surface area contributed by atoms with Crippen LogP contribution in [0.4, 0.5) is 5.82 Å². The molecule has 25 heavy (non-hydrogen) atoms. The van der Waals surface area contributed by atoms with Gasteiger partial charge >= 0.3 is 0 Å². The number of hydrogen-bond acceptors (Lipinski definition) is 4. The van der Waals surface area contributed by atoms with Crippen molar-refractivity contribution >= 4 is 5.82 Å². The molecule has 1 aromatic carbocycles. The number of benzene rings is 1. The summed E-state index contributed by atoms with van der Waals surface area (Å²) in [6, 6.07) is 10.9. The lowest BCUT2D eigenvalue weighted by atomic mass is 10.0. The van der Waals surface area contributed by atoms with Gasteiger partial charge in [0.15, 0.2) is 0 Å². The molecule has 0 atom stereocenters. The van der Waals surface area contributed by atoms with Crippen molar-refractivity contribution in [1.82, 2.24) is 9.88 Å². The largest absolute Gasteiger partial charge is 0.496 e. The van der Waals surface area contributed by atoms with Crippen molar-refractivity contribution in [3.05, 3.63) is 53.2 Å². The average Bonchev–Trinajstić information content (AvgIpc) is 3.11. The molecule has 0 radical (unpaired) electrons. The summed E-state index contributed by atoms with van der Waals surface area (Å²) in [5.74, 6) is 2.17. The Labute approximate surface area is 150 Å². The molecule has 132 valence electrons. The van der Waals surface area contributed by atoms with Crippen LogP contribution >= 0.6 is 0 Å². The van der Waals surface area contributed by atoms with E-state index in [0.29, 0.717) is 0 Å². The molecule has 2 aliphatic rings. The van der Waals surface area contributed by atoms with Crippen molar-refractivity contribution in [2.75, 3.05) is 38.2 Å². The van der Waals surface area contributed by atoms with Crippen LogP contribution in [-0.4, -0.2) is 43.2 Å². The van der Waals surface area contributed by atoms with E-state index in [2.05, 4.69) is 46.3 Å². The third kappa shape index (κ3) is 3.64. The molecule has 0 amide bonds. The first kappa shape index (κ1) is 16.4. The molecule has 4 heteroatoms. The van der Waals surface area contributed by atoms with Gasteiger partial charge in [-0.1, -0.05) is 18.2 Å². The molecule has 0 unspecified atom stereocenters. The van der Waals surface area contributed by atoms with Gasteiger partial charge in [-0.3, -0.25) is 4.90 Å². The first-order chi connectivity index (χ1) is 12.3. The average molecular weight is 337 g/mol. The summed E-state index contributed by atoms with van der Waals surface area (Å²) in [6.07, 6.45) is 6.79. The third-order valence-electron chi connectivity index (χ3n) is 5.47. The Hall–Kier alpha value is -2.07. The van der Waals surface area contributed by atoms with E-state index in [9.17, 15) is 0 Å². The Balaban J connectivity index is 1.40. The zero-order chi connectivity index (χ0) is 17.1. The van der Waals surface area contributed by atoms with Gasteiger partial charge in [0.05, 0.1) is 7.11 Å². The van der Waals surface area contributed by atoms with Gasteiger partial charge in [0.25, 0.3) is 0 Å². The predicted molar refractivity (Wildman–Crippen MR) is 101 cm³/mol. The van der Waals surface area contributed by atoms with E-state index in [1.165, 1.54) is 29.5 Å². The Morgan fingerprint density at radius 2 is 1.84 bits per heavy atom. The number of fused-ring (bicyclic) bond motifs is 1. The van der Waals surface area contributed by atoms with Crippen LogP contribution in [-0.2, 0) is 19.4 Å². The second-order valence-corrected chi connectivity index (χ2v) is 7.09. The molecule has 3 heterocycles. The van der Waals surface area contributed by atoms with Crippen molar-refractivity contribution in [2.45, 2.75) is 32.2 Å². The minimum absolute atomic E-state index is 0.976. The third-order valence-corrected chi connectivity index (χ3v) is 5.47. The lowest BCUT2D eigenvalue weighted by molar-refractivity contribution is 0.278. The van der Waals surface area contributed by atoms with E-state index in [4.69, 9.17) is 9.72 Å². The quantitative estimate of drug-likeness (QED) is 0.856. The van der Waals surface area contributed by atoms with Crippen molar-refractivity contribution < 1.29 is 4.74 Å². The van der Waals surface area contributed by atoms with Crippen molar-refractivity contribution in [3.8, 4) is 5.75 Å². The fourth-order valence-electron chi connectivity index (χ4n) is 4.04. The molecular weight excluding hydrogens is 310 g/mol. The molecule has 0 N–H and O–H groups in total. The van der Waals surface area contributed by atoms with Crippen molar-refractivity contribution in [2.24, 2.45) is 0 Å². The van der Waals surface area contributed by atoms with Gasteiger partial charge in [-0.15, -0.1) is 0 Å². The fraction of sp³-hybridized carbons (Fsp3) is 0.476. The monoisotopic (exact) mass is 337 g/mol. The zero-order valence-electron chi connectivity index (χ0n) is 15.1. The molecule has 0 bridgehead atoms. The molecule has 1 saturated heterocycles. The number of anilines is 1. The highest BCUT2D eigenvalue weighted by Gasteiger charge is 2.18. The van der Waals surface area contributed by atoms with Crippen LogP contribution < -0.4 is 9.64 Å². The second-order valence-electron chi connectivity index (χ2n) is 7.09. The molecule has 4 rings (SSSR count). The molecule has 1 aromatic heterocycles. The molecule has 0 spiro atoms. The summed E-state index contributed by atoms with van der Waals surface area (Å²) in [7, 11) is 1.77. The maximum Gasteiger partial charge on any atom is 0.128 e. The lowest BCUT2D eigenvalue weighted by Gasteiger charge is -2.21. The summed E-state index contributed by atoms with van der Waals surface area (Å²) in [5, 5.41) is 0. The van der Waals surface area contributed by atoms with E-state index >= 15 is 0 Å². The molecule has 0 saturated carbocycles. The van der Waals surface area contributed by atoms with Crippen LogP contribution in [0.15, 0.2) is 36.5 Å². The van der Waals surface area contributed by atoms with E-state index in [0.717, 1.165) is 57.1 Å². The maximum absolute atomic E-state index is 5.55. The summed E-state index contributed by atoms with van der Waals surface area (Å²) >= 11 is 0. The van der Waals surface area contributed by atoms with Gasteiger partial charge in [0.2, 0.25) is 0 Å². The zero-order valence-corrected chi connectivity index (χ0v) is 15.1. The first-order valence-corrected chi connectivity index (χ1v) is 9.40. The highest BCUT2D eigenvalue weighted by molar-refractivity contribution is 5.42. The maximum atomic E-state index is 5.55. The Morgan fingerprint density at radius 1 is 1.00 bits per heavy atom. The van der Waals surface area contributed by atoms with Gasteiger partial charge in [-0.05, 0) is 54.5 Å². The first-order valence-electron chi connectivity index (χ1n) is 9.40. The van der Waals surface area contributed by atoms with E-state index in [1.807, 2.05) is 0 Å². The lowest BCUT2D eigenvalue weighted by Crippen LogP contribution is -2.26. The van der Waals surface area contributed by atoms with E-state index in [1.54, 1.807) is 7.11 Å². The summed E-state index contributed by atoms with van der Waals surface area (Å²) < 4.78 is 5.55. The van der Waals surface area contributed by atoms with Crippen molar-refractivity contribution in [3.63, 3.8) is 0 Å². The number of ether oxygens (including phenoxy) is 1. The topological polar surface area (TPSA) is 28.6 Å². The highest BCUT2D eigenvalue weighted by Crippen LogP contribution is 2.26. The SMILES string of the molecule is COc1cccc2c1CCN(Cc1ccc(N3CCCC3)nc1)CC2. The number of rotatable bonds is 4. The smallest absolute Gasteiger partial charge is 0.128 e. The van der Waals surface area contributed by atoms with Gasteiger partial charge in [-0.2, -0.15) is 0 Å².